The number of esters is 2. The van der Waals surface area contributed by atoms with E-state index in [-0.39, 0.29) is 26.1 Å². The molecule has 0 fully saturated rings. The summed E-state index contributed by atoms with van der Waals surface area (Å²) in [4.78, 5) is 35.4. The molecule has 2 N–H and O–H groups in total. The number of phosphoric acid groups is 1. The lowest BCUT2D eigenvalue weighted by molar-refractivity contribution is -0.870. The summed E-state index contributed by atoms with van der Waals surface area (Å²) in [5, 5.41) is 10.0. The highest BCUT2D eigenvalue weighted by Crippen LogP contribution is 2.43. The van der Waals surface area contributed by atoms with Gasteiger partial charge in [-0.1, -0.05) is 100 Å². The molecule has 1 rings (SSSR count). The van der Waals surface area contributed by atoms with E-state index in [9.17, 15) is 24.2 Å². The number of likely N-dealkylation sites (N-methyl/N-ethyl adjacent to an activating group) is 1. The molecule has 0 aliphatic carbocycles. The number of carbonyl (C=O) groups excluding carboxylic acids is 2. The predicted molar refractivity (Wildman–Crippen MR) is 233 cm³/mol. The molecule has 0 saturated carbocycles. The van der Waals surface area contributed by atoms with Gasteiger partial charge in [-0.25, -0.2) is 4.57 Å². The Morgan fingerprint density at radius 3 is 2.10 bits per heavy atom. The molecule has 1 aromatic rings. The van der Waals surface area contributed by atoms with E-state index >= 15 is 0 Å². The first kappa shape index (κ1) is 53.0. The minimum atomic E-state index is -4.42. The smallest absolute Gasteiger partial charge is 0.466 e. The number of allylic oxidation sites excluding steroid dienone is 8. The molecule has 1 aromatic heterocycles. The van der Waals surface area contributed by atoms with E-state index in [1.165, 1.54) is 11.1 Å². The molecule has 330 valence electrons. The highest BCUT2D eigenvalue weighted by Gasteiger charge is 2.27. The number of hydrogen-bond acceptors (Lipinski definition) is 9. The zero-order valence-corrected chi connectivity index (χ0v) is 37.7. The van der Waals surface area contributed by atoms with Gasteiger partial charge in [0.2, 0.25) is 0 Å². The average Bonchev–Trinajstić information content (AvgIpc) is 3.43. The Hall–Kier alpha value is -3.05. The summed E-state index contributed by atoms with van der Waals surface area (Å²) in [5.74, 6) is 1.27. The largest absolute Gasteiger partial charge is 0.472 e. The fourth-order valence-electron chi connectivity index (χ4n) is 5.71. The Bertz CT molecular complexity index is 1470. The minimum absolute atomic E-state index is 0.000491. The van der Waals surface area contributed by atoms with Crippen LogP contribution in [0.3, 0.4) is 0 Å². The lowest BCUT2D eigenvalue weighted by Gasteiger charge is -2.24. The zero-order chi connectivity index (χ0) is 43.1. The predicted octanol–water partition coefficient (Wildman–Crippen LogP) is 10.3. The number of carbonyl (C=O) groups is 2. The van der Waals surface area contributed by atoms with Gasteiger partial charge in [0.25, 0.3) is 0 Å². The third-order valence-electron chi connectivity index (χ3n) is 9.32. The number of aliphatic hydroxyl groups excluding tert-OH is 1. The first-order chi connectivity index (χ1) is 27.7. The van der Waals surface area contributed by atoms with E-state index in [1.54, 1.807) is 6.08 Å². The van der Waals surface area contributed by atoms with E-state index < -0.39 is 38.6 Å². The van der Waals surface area contributed by atoms with Crippen LogP contribution in [0.2, 0.25) is 0 Å². The summed E-state index contributed by atoms with van der Waals surface area (Å²) in [7, 11) is 1.37. The molecule has 3 atom stereocenters. The first-order valence-electron chi connectivity index (χ1n) is 21.5. The van der Waals surface area contributed by atoms with E-state index in [0.717, 1.165) is 82.1 Å². The van der Waals surface area contributed by atoms with Crippen LogP contribution in [-0.2, 0) is 45.5 Å². The van der Waals surface area contributed by atoms with Gasteiger partial charge in [-0.2, -0.15) is 0 Å². The van der Waals surface area contributed by atoms with Crippen LogP contribution >= 0.6 is 7.82 Å². The third kappa shape index (κ3) is 28.4. The third-order valence-corrected chi connectivity index (χ3v) is 10.3. The van der Waals surface area contributed by atoms with Crippen LogP contribution < -0.4 is 0 Å². The number of rotatable bonds is 34. The molecular weight excluding hydrogens is 757 g/mol. The number of unbranched alkanes of at least 4 members (excludes halogenated alkanes) is 6. The van der Waals surface area contributed by atoms with Crippen molar-refractivity contribution in [1.29, 1.82) is 0 Å². The Morgan fingerprint density at radius 1 is 0.759 bits per heavy atom. The molecule has 0 saturated heterocycles. The van der Waals surface area contributed by atoms with Crippen molar-refractivity contribution in [3.63, 3.8) is 0 Å². The topological polar surface area (TPSA) is 142 Å². The van der Waals surface area contributed by atoms with Gasteiger partial charge in [0.15, 0.2) is 6.10 Å². The van der Waals surface area contributed by atoms with Gasteiger partial charge in [-0.3, -0.25) is 18.6 Å². The SMILES string of the molecule is CC/C=C\C/C=C\CC(O)/C=C/C=C\C/C=C\CCCC(=O)OC[C@H](COP(=O)(O)OCC[N+](C)(C)C)OC(=O)CCCCCCCCc1oc(CCC)c(C)c1C. The number of aryl methyl sites for hydroxylation is 2. The second kappa shape index (κ2) is 31.8. The van der Waals surface area contributed by atoms with Crippen LogP contribution in [0.15, 0.2) is 65.2 Å². The molecular formula is C46H77NO10P+. The van der Waals surface area contributed by atoms with Gasteiger partial charge >= 0.3 is 19.8 Å². The highest BCUT2D eigenvalue weighted by atomic mass is 31.2. The van der Waals surface area contributed by atoms with Crippen molar-refractivity contribution in [2.24, 2.45) is 0 Å². The Balaban J connectivity index is 2.45. The molecule has 58 heavy (non-hydrogen) atoms. The van der Waals surface area contributed by atoms with Gasteiger partial charge in [-0.15, -0.1) is 0 Å². The molecule has 0 aliphatic heterocycles. The summed E-state index contributed by atoms with van der Waals surface area (Å²) in [6, 6.07) is 0. The summed E-state index contributed by atoms with van der Waals surface area (Å²) < 4.78 is 40.3. The second-order valence-corrected chi connectivity index (χ2v) is 17.2. The lowest BCUT2D eigenvalue weighted by Crippen LogP contribution is -2.37. The average molecular weight is 835 g/mol. The van der Waals surface area contributed by atoms with Crippen molar-refractivity contribution in [2.75, 3.05) is 47.5 Å². The van der Waals surface area contributed by atoms with Gasteiger partial charge in [0.05, 0.1) is 33.9 Å². The maximum atomic E-state index is 12.7. The molecule has 12 heteroatoms. The van der Waals surface area contributed by atoms with E-state index in [0.29, 0.717) is 36.7 Å². The Morgan fingerprint density at radius 2 is 1.40 bits per heavy atom. The van der Waals surface area contributed by atoms with Crippen molar-refractivity contribution >= 4 is 19.8 Å². The number of ether oxygens (including phenoxy) is 2. The number of quaternary nitrogens is 1. The summed E-state index contributed by atoms with van der Waals surface area (Å²) in [6.07, 6.45) is 31.7. The number of furan rings is 1. The van der Waals surface area contributed by atoms with Crippen LogP contribution in [0.1, 0.15) is 133 Å². The van der Waals surface area contributed by atoms with Crippen molar-refractivity contribution < 1.29 is 51.6 Å². The Kier molecular flexibility index (Phi) is 29.1. The van der Waals surface area contributed by atoms with Crippen molar-refractivity contribution in [2.45, 2.75) is 149 Å². The van der Waals surface area contributed by atoms with Crippen LogP contribution in [0.25, 0.3) is 0 Å². The lowest BCUT2D eigenvalue weighted by atomic mass is 10.0. The van der Waals surface area contributed by atoms with Crippen molar-refractivity contribution in [1.82, 2.24) is 0 Å². The standard InChI is InChI=1S/C46H76NO10P/c1-8-10-11-12-19-24-30-41(48)31-25-20-15-13-14-16-22-27-33-45(49)53-37-42(38-55-58(51,52)54-36-35-47(5,6)7)56-46(50)34-28-23-18-17-21-26-32-44-40(4)39(3)43(57-44)29-9-2/h10-11,14-16,19-20,24-25,31,41-42,48H,8-9,12-13,17-18,21-23,26-30,32-38H2,1-7H3/p+1/b11-10-,16-14-,20-15-,24-19-,31-25+/t41?,42-/m1/s1. The van der Waals surface area contributed by atoms with E-state index in [4.69, 9.17) is 22.9 Å². The summed E-state index contributed by atoms with van der Waals surface area (Å²) in [5.41, 5.74) is 2.55. The van der Waals surface area contributed by atoms with Gasteiger partial charge in [-0.05, 0) is 82.8 Å². The van der Waals surface area contributed by atoms with E-state index in [1.807, 2.05) is 57.6 Å². The molecule has 0 spiro atoms. The van der Waals surface area contributed by atoms with Crippen molar-refractivity contribution in [3.05, 3.63) is 83.4 Å². The number of phosphoric ester groups is 1. The fourth-order valence-corrected chi connectivity index (χ4v) is 6.45. The van der Waals surface area contributed by atoms with E-state index in [2.05, 4.69) is 45.9 Å². The monoisotopic (exact) mass is 835 g/mol. The van der Waals surface area contributed by atoms with Gasteiger partial charge in [0, 0.05) is 25.7 Å². The maximum absolute atomic E-state index is 12.7. The Labute approximate surface area is 350 Å². The second-order valence-electron chi connectivity index (χ2n) is 15.8. The van der Waals surface area contributed by atoms with Crippen LogP contribution in [0.4, 0.5) is 0 Å². The van der Waals surface area contributed by atoms with Crippen LogP contribution in [0.5, 0.6) is 0 Å². The molecule has 0 bridgehead atoms. The normalized spacial score (nSPS) is 14.7. The molecule has 0 amide bonds. The molecule has 1 heterocycles. The number of aliphatic hydroxyl groups is 1. The van der Waals surface area contributed by atoms with Gasteiger partial charge < -0.3 is 28.4 Å². The maximum Gasteiger partial charge on any atom is 0.472 e. The van der Waals surface area contributed by atoms with Gasteiger partial charge in [0.1, 0.15) is 31.3 Å². The van der Waals surface area contributed by atoms with Crippen LogP contribution in [0, 0.1) is 13.8 Å². The zero-order valence-electron chi connectivity index (χ0n) is 36.8. The summed E-state index contributed by atoms with van der Waals surface area (Å²) in [6.45, 7) is 8.27. The quantitative estimate of drug-likeness (QED) is 0.0172. The highest BCUT2D eigenvalue weighted by molar-refractivity contribution is 7.47. The van der Waals surface area contributed by atoms with Crippen molar-refractivity contribution in [3.8, 4) is 0 Å². The molecule has 0 aliphatic rings. The van der Waals surface area contributed by atoms with Crippen LogP contribution in [-0.4, -0.2) is 86.1 Å². The molecule has 2 unspecified atom stereocenters. The minimum Gasteiger partial charge on any atom is -0.466 e. The first-order valence-corrected chi connectivity index (χ1v) is 23.0. The fraction of sp³-hybridized carbons (Fsp3) is 0.652. The molecule has 0 radical (unpaired) electrons. The number of nitrogens with zero attached hydrogens (tertiary/aromatic N) is 1. The number of hydrogen-bond donors (Lipinski definition) is 2. The molecule has 11 nitrogen and oxygen atoms in total. The molecule has 0 aromatic carbocycles. The summed E-state index contributed by atoms with van der Waals surface area (Å²) >= 11 is 0.